The van der Waals surface area contributed by atoms with Gasteiger partial charge in [-0.1, -0.05) is 68.5 Å². The Bertz CT molecular complexity index is 2740. The Hall–Kier alpha value is -2.71. The second-order valence-electron chi connectivity index (χ2n) is 16.8. The fourth-order valence-corrected chi connectivity index (χ4v) is 10.4. The fourth-order valence-electron chi connectivity index (χ4n) is 8.80. The van der Waals surface area contributed by atoms with Gasteiger partial charge in [-0.3, -0.25) is 9.11 Å². The summed E-state index contributed by atoms with van der Waals surface area (Å²) < 4.78 is 103. The van der Waals surface area contributed by atoms with E-state index in [0.717, 1.165) is 51.4 Å². The minimum absolute atomic E-state index is 0. The predicted octanol–water partition coefficient (Wildman–Crippen LogP) is 0.476. The number of unbranched alkanes of at least 4 members (excludes halogenated alkanes) is 2. The average molecular weight is 938 g/mol. The van der Waals surface area contributed by atoms with E-state index in [2.05, 4.69) is 36.6 Å². The first-order chi connectivity index (χ1) is 28.5. The van der Waals surface area contributed by atoms with Gasteiger partial charge in [-0.2, -0.15) is 21.4 Å². The van der Waals surface area contributed by atoms with Gasteiger partial charge in [0, 0.05) is 47.5 Å². The number of carboxylic acids is 1. The van der Waals surface area contributed by atoms with E-state index in [1.54, 1.807) is 18.2 Å². The number of benzene rings is 3. The van der Waals surface area contributed by atoms with Gasteiger partial charge in [0.15, 0.2) is 5.71 Å². The molecule has 0 aromatic heterocycles. The van der Waals surface area contributed by atoms with Crippen molar-refractivity contribution in [2.45, 2.75) is 88.4 Å². The molecule has 3 aromatic rings. The third kappa shape index (κ3) is 12.4. The fraction of sp³-hybridized carbons (Fsp3) is 0.378. The number of aromatic carboxylic acids is 1. The Labute approximate surface area is 415 Å². The Balaban J connectivity index is 0.00000436. The van der Waals surface area contributed by atoms with Crippen molar-refractivity contribution in [1.29, 1.82) is 0 Å². The van der Waals surface area contributed by atoms with Crippen molar-refractivity contribution in [2.24, 2.45) is 0 Å². The molecule has 0 saturated carbocycles. The van der Waals surface area contributed by atoms with Crippen molar-refractivity contribution in [2.75, 3.05) is 29.5 Å². The van der Waals surface area contributed by atoms with Crippen LogP contribution in [0.1, 0.15) is 99.7 Å². The van der Waals surface area contributed by atoms with Crippen LogP contribution in [0.25, 0.3) is 5.57 Å². The quantitative estimate of drug-likeness (QED) is 0.0870. The first-order valence-electron chi connectivity index (χ1n) is 20.2. The third-order valence-electron chi connectivity index (χ3n) is 11.8. The molecule has 326 valence electrons. The number of para-hydroxylation sites is 1. The molecular formula is C45H51N2Na2O11S3+. The molecule has 0 radical (unpaired) electrons. The van der Waals surface area contributed by atoms with Gasteiger partial charge in [0.05, 0.1) is 27.8 Å². The summed E-state index contributed by atoms with van der Waals surface area (Å²) >= 11 is 0. The molecule has 2 heterocycles. The molecule has 0 unspecified atom stereocenters. The number of rotatable bonds is 16. The largest absolute Gasteiger partial charge is 1.00 e. The Morgan fingerprint density at radius 1 is 0.778 bits per heavy atom. The van der Waals surface area contributed by atoms with E-state index >= 15 is 0 Å². The minimum atomic E-state index is -4.76. The Morgan fingerprint density at radius 2 is 1.41 bits per heavy atom. The van der Waals surface area contributed by atoms with Crippen LogP contribution in [0.2, 0.25) is 0 Å². The Kier molecular flexibility index (Phi) is 17.5. The van der Waals surface area contributed by atoms with E-state index in [1.165, 1.54) is 24.3 Å². The van der Waals surface area contributed by atoms with Crippen molar-refractivity contribution in [1.82, 2.24) is 0 Å². The van der Waals surface area contributed by atoms with Crippen molar-refractivity contribution < 1.29 is 113 Å². The van der Waals surface area contributed by atoms with Crippen LogP contribution in [0.5, 0.6) is 0 Å². The van der Waals surface area contributed by atoms with Crippen LogP contribution in [-0.2, 0) is 41.2 Å². The summed E-state index contributed by atoms with van der Waals surface area (Å²) in [4.78, 5) is 13.4. The standard InChI is InChI=1S/C45H52N2O11S3.2Na/c1-44(2)36-14-5-6-15-38(36)46(26-7-9-28-59(50,51)52)40(44)24-20-31-12-11-13-32(42(31)33-16-18-34(19-17-33)43(48)49)21-25-41-45(3,4)37-30-35(61(56,57)58)22-23-39(37)47(41)27-8-10-29-60(53,54)55;;/h5-6,14-25,30H,7-13,26-29H2,1-4H3,(H3-,48,49,50,51,52,53,54,55,56,57,58);;/q;2*+1/p-1. The van der Waals surface area contributed by atoms with Crippen molar-refractivity contribution in [3.8, 4) is 0 Å². The molecule has 0 bridgehead atoms. The number of carbonyl (C=O) groups excluding carboxylic acids is 1. The molecule has 0 amide bonds. The predicted molar refractivity (Wildman–Crippen MR) is 232 cm³/mol. The van der Waals surface area contributed by atoms with Crippen LogP contribution in [0.3, 0.4) is 0 Å². The maximum absolute atomic E-state index is 12.1. The van der Waals surface area contributed by atoms with Crippen LogP contribution >= 0.6 is 0 Å². The van der Waals surface area contributed by atoms with Crippen molar-refractivity contribution in [3.05, 3.63) is 130 Å². The molecule has 0 saturated heterocycles. The summed E-state index contributed by atoms with van der Waals surface area (Å²) in [5.74, 6) is -2.04. The molecule has 18 heteroatoms. The van der Waals surface area contributed by atoms with Crippen LogP contribution < -0.4 is 69.1 Å². The van der Waals surface area contributed by atoms with Gasteiger partial charge in [-0.05, 0) is 110 Å². The number of anilines is 1. The first kappa shape index (κ1) is 52.9. The van der Waals surface area contributed by atoms with Gasteiger partial charge < -0.3 is 19.4 Å². The number of carboxylic acid groups (broad SMARTS) is 1. The molecule has 13 nitrogen and oxygen atoms in total. The van der Waals surface area contributed by atoms with Gasteiger partial charge in [0.1, 0.15) is 16.7 Å². The first-order valence-corrected chi connectivity index (χ1v) is 24.8. The van der Waals surface area contributed by atoms with Crippen LogP contribution in [0, 0.1) is 0 Å². The second-order valence-corrected chi connectivity index (χ2v) is 21.3. The van der Waals surface area contributed by atoms with E-state index in [4.69, 9.17) is 0 Å². The summed E-state index contributed by atoms with van der Waals surface area (Å²) in [6.07, 6.45) is 11.7. The van der Waals surface area contributed by atoms with E-state index in [-0.39, 0.29) is 81.7 Å². The molecule has 0 atom stereocenters. The van der Waals surface area contributed by atoms with Crippen LogP contribution in [0.4, 0.5) is 11.4 Å². The summed E-state index contributed by atoms with van der Waals surface area (Å²) in [6, 6.07) is 18.9. The van der Waals surface area contributed by atoms with Gasteiger partial charge >= 0.3 is 59.1 Å². The third-order valence-corrected chi connectivity index (χ3v) is 14.3. The van der Waals surface area contributed by atoms with Gasteiger partial charge in [-0.15, -0.1) is 0 Å². The summed E-state index contributed by atoms with van der Waals surface area (Å²) in [6.45, 7) is 9.00. The molecule has 3 aromatic carbocycles. The molecule has 0 fully saturated rings. The zero-order valence-corrected chi connectivity index (χ0v) is 43.1. The molecule has 2 aliphatic heterocycles. The number of carbonyl (C=O) groups is 1. The minimum Gasteiger partial charge on any atom is -0.744 e. The van der Waals surface area contributed by atoms with Gasteiger partial charge in [-0.25, -0.2) is 8.42 Å². The SMILES string of the molecule is CC1(C)C(=CC=C2CCCC(C=CC3=[N+](CCCCS(=O)(=O)O)c4ccccc4C3(C)C)=C2c2ccc(C(=O)[O-])cc2)N(CCCCS(=O)(=O)O)c2ccc(S(=O)(=O)[O-])cc21.[Na+].[Na+]. The summed E-state index contributed by atoms with van der Waals surface area (Å²) in [5.41, 5.74) is 7.70. The number of hydrogen-bond donors (Lipinski definition) is 2. The average Bonchev–Trinajstić information content (AvgIpc) is 3.52. The molecule has 2 N–H and O–H groups in total. The molecule has 3 aliphatic rings. The molecule has 6 rings (SSSR count). The summed E-state index contributed by atoms with van der Waals surface area (Å²) in [7, 11) is -13.0. The van der Waals surface area contributed by atoms with Crippen LogP contribution in [0.15, 0.2) is 113 Å². The molecular weight excluding hydrogens is 887 g/mol. The zero-order valence-electron chi connectivity index (χ0n) is 36.6. The summed E-state index contributed by atoms with van der Waals surface area (Å²) in [5, 5.41) is 11.7. The topological polar surface area (TPSA) is 212 Å². The molecule has 63 heavy (non-hydrogen) atoms. The van der Waals surface area contributed by atoms with E-state index in [0.29, 0.717) is 56.4 Å². The van der Waals surface area contributed by atoms with E-state index in [1.807, 2.05) is 49.1 Å². The molecule has 1 aliphatic carbocycles. The zero-order chi connectivity index (χ0) is 44.5. The smallest absolute Gasteiger partial charge is 0.744 e. The number of fused-ring (bicyclic) bond motifs is 2. The number of hydrogen-bond acceptors (Lipinski definition) is 10. The van der Waals surface area contributed by atoms with Gasteiger partial charge in [0.25, 0.3) is 20.2 Å². The van der Waals surface area contributed by atoms with E-state index < -0.39 is 52.9 Å². The van der Waals surface area contributed by atoms with Crippen molar-refractivity contribution in [3.63, 3.8) is 0 Å². The maximum atomic E-state index is 12.1. The second kappa shape index (κ2) is 20.9. The molecule has 0 spiro atoms. The number of nitrogens with zero attached hydrogens (tertiary/aromatic N) is 2. The maximum Gasteiger partial charge on any atom is 1.00 e. The van der Waals surface area contributed by atoms with Crippen molar-refractivity contribution >= 4 is 59.0 Å². The van der Waals surface area contributed by atoms with Crippen LogP contribution in [-0.4, -0.2) is 79.8 Å². The monoisotopic (exact) mass is 937 g/mol. The van der Waals surface area contributed by atoms with Gasteiger partial charge in [0.2, 0.25) is 5.69 Å². The normalized spacial score (nSPS) is 18.4. The van der Waals surface area contributed by atoms with E-state index in [9.17, 15) is 48.8 Å². The number of allylic oxidation sites excluding steroid dienone is 8. The Morgan fingerprint density at radius 3 is 2.03 bits per heavy atom.